The molecule has 5 heteroatoms. The zero-order valence-electron chi connectivity index (χ0n) is 8.09. The largest absolute Gasteiger partial charge is 0.480 e. The van der Waals surface area contributed by atoms with E-state index in [1.807, 2.05) is 6.92 Å². The molecule has 0 unspecified atom stereocenters. The number of amides is 2. The molecule has 0 aromatic carbocycles. The molecular formula is C9H14N2O3. The summed E-state index contributed by atoms with van der Waals surface area (Å²) in [6, 6.07) is -0.357. The lowest BCUT2D eigenvalue weighted by Crippen LogP contribution is -2.50. The summed E-state index contributed by atoms with van der Waals surface area (Å²) in [6.45, 7) is 1.95. The minimum atomic E-state index is -0.977. The highest BCUT2D eigenvalue weighted by atomic mass is 16.4. The van der Waals surface area contributed by atoms with E-state index in [0.717, 1.165) is 12.8 Å². The molecule has 78 valence electrons. The molecule has 2 saturated carbocycles. The van der Waals surface area contributed by atoms with Crippen LogP contribution < -0.4 is 10.6 Å². The van der Waals surface area contributed by atoms with Crippen molar-refractivity contribution in [2.75, 3.05) is 0 Å². The molecule has 0 spiro atoms. The highest BCUT2D eigenvalue weighted by Crippen LogP contribution is 2.37. The topological polar surface area (TPSA) is 78.4 Å². The minimum Gasteiger partial charge on any atom is -0.480 e. The van der Waals surface area contributed by atoms with E-state index in [0.29, 0.717) is 12.8 Å². The SMILES string of the molecule is CC1(NC(=O)NC2(C(=O)O)CC2)CC1. The van der Waals surface area contributed by atoms with Gasteiger partial charge in [0, 0.05) is 5.54 Å². The molecule has 3 N–H and O–H groups in total. The van der Waals surface area contributed by atoms with Crippen LogP contribution in [0.4, 0.5) is 4.79 Å². The van der Waals surface area contributed by atoms with Crippen molar-refractivity contribution in [2.45, 2.75) is 43.7 Å². The Bertz CT molecular complexity index is 292. The standard InChI is InChI=1S/C9H14N2O3/c1-8(2-3-8)10-7(14)11-9(4-5-9)6(12)13/h2-5H2,1H3,(H,12,13)(H2,10,11,14). The lowest BCUT2D eigenvalue weighted by molar-refractivity contribution is -0.140. The van der Waals surface area contributed by atoms with Crippen LogP contribution in [0.1, 0.15) is 32.6 Å². The first-order valence-electron chi connectivity index (χ1n) is 4.80. The van der Waals surface area contributed by atoms with Crippen LogP contribution in [0.3, 0.4) is 0 Å². The van der Waals surface area contributed by atoms with Gasteiger partial charge in [-0.25, -0.2) is 9.59 Å². The first-order chi connectivity index (χ1) is 6.46. The van der Waals surface area contributed by atoms with Gasteiger partial charge in [0.2, 0.25) is 0 Å². The zero-order valence-corrected chi connectivity index (χ0v) is 8.09. The molecule has 0 aromatic heterocycles. The average molecular weight is 198 g/mol. The number of hydrogen-bond donors (Lipinski definition) is 3. The third-order valence-electron chi connectivity index (χ3n) is 2.93. The number of carboxylic acid groups (broad SMARTS) is 1. The molecule has 2 aliphatic carbocycles. The Labute approximate surface area is 81.9 Å². The summed E-state index contributed by atoms with van der Waals surface area (Å²) in [5, 5.41) is 14.1. The summed E-state index contributed by atoms with van der Waals surface area (Å²) in [5.74, 6) is -0.936. The van der Waals surface area contributed by atoms with Crippen molar-refractivity contribution in [2.24, 2.45) is 0 Å². The van der Waals surface area contributed by atoms with Crippen molar-refractivity contribution in [1.82, 2.24) is 10.6 Å². The molecule has 0 heterocycles. The van der Waals surface area contributed by atoms with Gasteiger partial charge in [-0.2, -0.15) is 0 Å². The maximum atomic E-state index is 11.4. The van der Waals surface area contributed by atoms with Crippen molar-refractivity contribution < 1.29 is 14.7 Å². The van der Waals surface area contributed by atoms with Crippen molar-refractivity contribution >= 4 is 12.0 Å². The summed E-state index contributed by atoms with van der Waals surface area (Å²) < 4.78 is 0. The van der Waals surface area contributed by atoms with Crippen molar-refractivity contribution in [3.8, 4) is 0 Å². The van der Waals surface area contributed by atoms with Crippen LogP contribution >= 0.6 is 0 Å². The number of hydrogen-bond acceptors (Lipinski definition) is 2. The Morgan fingerprint density at radius 3 is 2.07 bits per heavy atom. The van der Waals surface area contributed by atoms with E-state index >= 15 is 0 Å². The molecule has 0 aromatic rings. The summed E-state index contributed by atoms with van der Waals surface area (Å²) >= 11 is 0. The first kappa shape index (κ1) is 9.30. The fourth-order valence-electron chi connectivity index (χ4n) is 1.35. The molecule has 5 nitrogen and oxygen atoms in total. The van der Waals surface area contributed by atoms with Gasteiger partial charge in [0.15, 0.2) is 0 Å². The Hall–Kier alpha value is -1.26. The summed E-state index contributed by atoms with van der Waals surface area (Å²) in [6.07, 6.45) is 3.01. The summed E-state index contributed by atoms with van der Waals surface area (Å²) in [4.78, 5) is 22.1. The molecule has 0 bridgehead atoms. The van der Waals surface area contributed by atoms with E-state index in [-0.39, 0.29) is 11.6 Å². The Morgan fingerprint density at radius 2 is 1.71 bits per heavy atom. The van der Waals surface area contributed by atoms with Gasteiger partial charge in [-0.15, -0.1) is 0 Å². The minimum absolute atomic E-state index is 0.0985. The van der Waals surface area contributed by atoms with Gasteiger partial charge in [0.05, 0.1) is 0 Å². The lowest BCUT2D eigenvalue weighted by Gasteiger charge is -2.16. The lowest BCUT2D eigenvalue weighted by atomic mass is 10.3. The second-order valence-electron chi connectivity index (χ2n) is 4.53. The van der Waals surface area contributed by atoms with Gasteiger partial charge in [-0.1, -0.05) is 0 Å². The van der Waals surface area contributed by atoms with Gasteiger partial charge in [0.25, 0.3) is 0 Å². The molecule has 0 radical (unpaired) electrons. The van der Waals surface area contributed by atoms with Gasteiger partial charge >= 0.3 is 12.0 Å². The van der Waals surface area contributed by atoms with E-state index in [2.05, 4.69) is 10.6 Å². The maximum Gasteiger partial charge on any atom is 0.329 e. The fraction of sp³-hybridized carbons (Fsp3) is 0.778. The van der Waals surface area contributed by atoms with Crippen molar-refractivity contribution in [1.29, 1.82) is 0 Å². The van der Waals surface area contributed by atoms with Crippen LogP contribution in [-0.2, 0) is 4.79 Å². The molecule has 0 aliphatic heterocycles. The summed E-state index contributed by atoms with van der Waals surface area (Å²) in [7, 11) is 0. The number of carbonyl (C=O) groups is 2. The Balaban J connectivity index is 1.85. The third-order valence-corrected chi connectivity index (χ3v) is 2.93. The zero-order chi connectivity index (χ0) is 10.4. The van der Waals surface area contributed by atoms with Gasteiger partial charge < -0.3 is 15.7 Å². The Morgan fingerprint density at radius 1 is 1.14 bits per heavy atom. The highest BCUT2D eigenvalue weighted by molar-refractivity contribution is 5.89. The molecule has 2 amide bonds. The second-order valence-corrected chi connectivity index (χ2v) is 4.53. The third kappa shape index (κ3) is 1.66. The molecule has 2 aliphatic rings. The number of nitrogens with one attached hydrogen (secondary N) is 2. The molecule has 2 rings (SSSR count). The van der Waals surface area contributed by atoms with Crippen LogP contribution in [0.5, 0.6) is 0 Å². The number of rotatable bonds is 3. The van der Waals surface area contributed by atoms with Crippen LogP contribution in [-0.4, -0.2) is 28.2 Å². The van der Waals surface area contributed by atoms with E-state index in [4.69, 9.17) is 5.11 Å². The van der Waals surface area contributed by atoms with Gasteiger partial charge in [0.1, 0.15) is 5.54 Å². The van der Waals surface area contributed by atoms with E-state index in [9.17, 15) is 9.59 Å². The normalized spacial score (nSPS) is 24.9. The van der Waals surface area contributed by atoms with Crippen LogP contribution in [0.2, 0.25) is 0 Å². The number of urea groups is 1. The molecule has 0 atom stereocenters. The quantitative estimate of drug-likeness (QED) is 0.616. The maximum absolute atomic E-state index is 11.4. The average Bonchev–Trinajstić information content (AvgIpc) is 2.91. The molecule has 14 heavy (non-hydrogen) atoms. The highest BCUT2D eigenvalue weighted by Gasteiger charge is 2.52. The summed E-state index contributed by atoms with van der Waals surface area (Å²) in [5.41, 5.74) is -1.08. The van der Waals surface area contributed by atoms with Crippen LogP contribution in [0.25, 0.3) is 0 Å². The van der Waals surface area contributed by atoms with E-state index < -0.39 is 11.5 Å². The van der Waals surface area contributed by atoms with Crippen LogP contribution in [0, 0.1) is 0 Å². The number of carbonyl (C=O) groups excluding carboxylic acids is 1. The molecule has 2 fully saturated rings. The smallest absolute Gasteiger partial charge is 0.329 e. The molecular weight excluding hydrogens is 184 g/mol. The van der Waals surface area contributed by atoms with Gasteiger partial charge in [-0.3, -0.25) is 0 Å². The Kier molecular flexibility index (Phi) is 1.74. The molecule has 0 saturated heterocycles. The van der Waals surface area contributed by atoms with E-state index in [1.54, 1.807) is 0 Å². The number of carboxylic acids is 1. The predicted octanol–water partition coefficient (Wildman–Crippen LogP) is 0.455. The first-order valence-corrected chi connectivity index (χ1v) is 4.80. The monoisotopic (exact) mass is 198 g/mol. The second kappa shape index (κ2) is 2.62. The number of aliphatic carboxylic acids is 1. The predicted molar refractivity (Wildman–Crippen MR) is 48.9 cm³/mol. The fourth-order valence-corrected chi connectivity index (χ4v) is 1.35. The van der Waals surface area contributed by atoms with Crippen LogP contribution in [0.15, 0.2) is 0 Å². The van der Waals surface area contributed by atoms with Crippen molar-refractivity contribution in [3.63, 3.8) is 0 Å². The van der Waals surface area contributed by atoms with Gasteiger partial charge in [-0.05, 0) is 32.6 Å². The van der Waals surface area contributed by atoms with Crippen molar-refractivity contribution in [3.05, 3.63) is 0 Å². The van der Waals surface area contributed by atoms with E-state index in [1.165, 1.54) is 0 Å².